The minimum absolute atomic E-state index is 0.213. The van der Waals surface area contributed by atoms with Crippen molar-refractivity contribution in [1.82, 2.24) is 24.4 Å². The molecule has 0 unspecified atom stereocenters. The summed E-state index contributed by atoms with van der Waals surface area (Å²) in [7, 11) is 0. The highest BCUT2D eigenvalue weighted by molar-refractivity contribution is 7.15. The quantitative estimate of drug-likeness (QED) is 0.183. The molecule has 3 aromatic carbocycles. The van der Waals surface area contributed by atoms with E-state index in [0.717, 1.165) is 58.0 Å². The number of aromatic nitrogens is 5. The second kappa shape index (κ2) is 12.0. The second-order valence-electron chi connectivity index (χ2n) is 9.89. The maximum atomic E-state index is 13.5. The number of unbranched alkanes of at least 4 members (excludes halogenated alkanes) is 1. The summed E-state index contributed by atoms with van der Waals surface area (Å²) in [6.45, 7) is 7.43. The highest BCUT2D eigenvalue weighted by atomic mass is 32.1. The summed E-state index contributed by atoms with van der Waals surface area (Å²) in [6.07, 6.45) is 5.93. The van der Waals surface area contributed by atoms with Gasteiger partial charge in [-0.25, -0.2) is 4.68 Å². The molecule has 0 radical (unpaired) electrons. The van der Waals surface area contributed by atoms with Gasteiger partial charge in [-0.05, 0) is 86.5 Å². The lowest BCUT2D eigenvalue weighted by atomic mass is 10.0. The van der Waals surface area contributed by atoms with Crippen LogP contribution in [0.15, 0.2) is 83.8 Å². The molecule has 42 heavy (non-hydrogen) atoms. The van der Waals surface area contributed by atoms with Crippen LogP contribution in [-0.4, -0.2) is 37.6 Å². The second-order valence-corrected chi connectivity index (χ2v) is 10.9. The van der Waals surface area contributed by atoms with Crippen molar-refractivity contribution < 1.29 is 9.47 Å². The van der Waals surface area contributed by atoms with E-state index >= 15 is 0 Å². The highest BCUT2D eigenvalue weighted by Gasteiger charge is 2.16. The lowest BCUT2D eigenvalue weighted by Crippen LogP contribution is -2.23. The van der Waals surface area contributed by atoms with Crippen LogP contribution in [-0.2, 0) is 0 Å². The van der Waals surface area contributed by atoms with Crippen molar-refractivity contribution in [2.75, 3.05) is 13.2 Å². The van der Waals surface area contributed by atoms with Gasteiger partial charge < -0.3 is 9.47 Å². The summed E-state index contributed by atoms with van der Waals surface area (Å²) >= 11 is 1.31. The average Bonchev–Trinajstić information content (AvgIpc) is 3.69. The first-order chi connectivity index (χ1) is 20.5. The summed E-state index contributed by atoms with van der Waals surface area (Å²) in [5.74, 6) is 2.13. The largest absolute Gasteiger partial charge is 0.494 e. The lowest BCUT2D eigenvalue weighted by Gasteiger charge is -2.08. The topological polar surface area (TPSA) is 83.5 Å². The third kappa shape index (κ3) is 5.56. The van der Waals surface area contributed by atoms with E-state index in [0.29, 0.717) is 28.5 Å². The minimum atomic E-state index is -0.213. The molecule has 3 heterocycles. The number of hydrogen-bond acceptors (Lipinski definition) is 7. The number of rotatable bonds is 10. The molecule has 0 amide bonds. The van der Waals surface area contributed by atoms with Crippen LogP contribution in [0.2, 0.25) is 0 Å². The van der Waals surface area contributed by atoms with E-state index in [1.54, 1.807) is 0 Å². The standard InChI is InChI=1S/C33H31N5O3S/c1-4-6-18-41-26-14-12-23(13-15-26)31-34-33-38(36-31)32(39)29(42-33)20-24-21-37(25-10-8-7-9-11-25)35-30(24)28-17-16-27(40-5-2)19-22(28)3/h7-17,19-21H,4-6,18H2,1-3H3. The Labute approximate surface area is 247 Å². The van der Waals surface area contributed by atoms with Crippen LogP contribution in [0.1, 0.15) is 37.8 Å². The van der Waals surface area contributed by atoms with Crippen LogP contribution in [0.3, 0.4) is 0 Å². The van der Waals surface area contributed by atoms with Crippen LogP contribution in [0, 0.1) is 6.92 Å². The van der Waals surface area contributed by atoms with Gasteiger partial charge in [-0.1, -0.05) is 42.9 Å². The molecular formula is C33H31N5O3S. The number of ether oxygens (including phenoxy) is 2. The molecular weight excluding hydrogens is 546 g/mol. The number of aryl methyl sites for hydroxylation is 1. The Hall–Kier alpha value is -4.76. The van der Waals surface area contributed by atoms with Crippen LogP contribution in [0.5, 0.6) is 11.5 Å². The molecule has 6 aromatic rings. The van der Waals surface area contributed by atoms with Gasteiger partial charge in [-0.3, -0.25) is 4.79 Å². The zero-order valence-electron chi connectivity index (χ0n) is 23.8. The Kier molecular flexibility index (Phi) is 7.83. The summed E-state index contributed by atoms with van der Waals surface area (Å²) in [4.78, 5) is 18.7. The molecule has 0 saturated heterocycles. The smallest absolute Gasteiger partial charge is 0.291 e. The van der Waals surface area contributed by atoms with Gasteiger partial charge in [0, 0.05) is 22.9 Å². The average molecular weight is 578 g/mol. The Balaban J connectivity index is 1.38. The zero-order valence-corrected chi connectivity index (χ0v) is 24.6. The summed E-state index contributed by atoms with van der Waals surface area (Å²) < 4.78 is 15.2. The third-order valence-electron chi connectivity index (χ3n) is 6.87. The monoisotopic (exact) mass is 577 g/mol. The molecule has 3 aromatic heterocycles. The third-order valence-corrected chi connectivity index (χ3v) is 7.83. The van der Waals surface area contributed by atoms with Gasteiger partial charge in [-0.15, -0.1) is 5.10 Å². The summed E-state index contributed by atoms with van der Waals surface area (Å²) in [6, 6.07) is 23.6. The van der Waals surface area contributed by atoms with Gasteiger partial charge in [0.05, 0.1) is 23.4 Å². The van der Waals surface area contributed by atoms with E-state index in [9.17, 15) is 4.79 Å². The number of hydrogen-bond donors (Lipinski definition) is 0. The van der Waals surface area contributed by atoms with Gasteiger partial charge in [-0.2, -0.15) is 14.6 Å². The van der Waals surface area contributed by atoms with E-state index in [2.05, 4.69) is 17.0 Å². The van der Waals surface area contributed by atoms with Crippen molar-refractivity contribution in [2.45, 2.75) is 33.6 Å². The maximum Gasteiger partial charge on any atom is 0.291 e. The van der Waals surface area contributed by atoms with Gasteiger partial charge >= 0.3 is 0 Å². The molecule has 9 heteroatoms. The molecule has 0 N–H and O–H groups in total. The van der Waals surface area contributed by atoms with E-state index < -0.39 is 0 Å². The first-order valence-electron chi connectivity index (χ1n) is 14.1. The SMILES string of the molecule is CCCCOc1ccc(-c2nc3sc(=Cc4cn(-c5ccccc5)nc4-c4ccc(OCC)cc4C)c(=O)n3n2)cc1. The van der Waals surface area contributed by atoms with E-state index in [1.165, 1.54) is 15.9 Å². The summed E-state index contributed by atoms with van der Waals surface area (Å²) in [5.41, 5.74) is 5.15. The predicted molar refractivity (Wildman–Crippen MR) is 167 cm³/mol. The molecule has 0 bridgehead atoms. The van der Waals surface area contributed by atoms with E-state index in [-0.39, 0.29) is 5.56 Å². The number of fused-ring (bicyclic) bond motifs is 1. The molecule has 212 valence electrons. The van der Waals surface area contributed by atoms with Crippen molar-refractivity contribution >= 4 is 22.4 Å². The van der Waals surface area contributed by atoms with Gasteiger partial charge in [0.2, 0.25) is 4.96 Å². The maximum absolute atomic E-state index is 13.5. The lowest BCUT2D eigenvalue weighted by molar-refractivity contribution is 0.309. The Bertz CT molecular complexity index is 1940. The zero-order chi connectivity index (χ0) is 29.1. The predicted octanol–water partition coefficient (Wildman–Crippen LogP) is 6.10. The number of para-hydroxylation sites is 1. The molecule has 6 rings (SSSR count). The van der Waals surface area contributed by atoms with Gasteiger partial charge in [0.15, 0.2) is 5.82 Å². The number of nitrogens with zero attached hydrogens (tertiary/aromatic N) is 5. The van der Waals surface area contributed by atoms with E-state index in [1.807, 2.05) is 104 Å². The number of thiazole rings is 1. The molecule has 8 nitrogen and oxygen atoms in total. The normalized spacial score (nSPS) is 11.8. The van der Waals surface area contributed by atoms with Gasteiger partial charge in [0.1, 0.15) is 17.2 Å². The van der Waals surface area contributed by atoms with Crippen molar-refractivity contribution in [3.8, 4) is 39.8 Å². The van der Waals surface area contributed by atoms with Crippen LogP contribution >= 0.6 is 11.3 Å². The fourth-order valence-electron chi connectivity index (χ4n) is 4.71. The Morgan fingerprint density at radius 3 is 2.43 bits per heavy atom. The van der Waals surface area contributed by atoms with Crippen LogP contribution in [0.25, 0.3) is 39.4 Å². The van der Waals surface area contributed by atoms with Crippen LogP contribution < -0.4 is 19.6 Å². The molecule has 0 atom stereocenters. The fraction of sp³-hybridized carbons (Fsp3) is 0.212. The molecule has 0 fully saturated rings. The van der Waals surface area contributed by atoms with E-state index in [4.69, 9.17) is 14.6 Å². The van der Waals surface area contributed by atoms with Crippen molar-refractivity contribution in [3.05, 3.63) is 105 Å². The molecule has 0 aliphatic carbocycles. The molecule has 0 aliphatic rings. The minimum Gasteiger partial charge on any atom is -0.494 e. The first-order valence-corrected chi connectivity index (χ1v) is 14.9. The molecule has 0 aliphatic heterocycles. The highest BCUT2D eigenvalue weighted by Crippen LogP contribution is 2.30. The Morgan fingerprint density at radius 1 is 0.929 bits per heavy atom. The van der Waals surface area contributed by atoms with Crippen molar-refractivity contribution in [2.24, 2.45) is 0 Å². The number of benzene rings is 3. The van der Waals surface area contributed by atoms with Gasteiger partial charge in [0.25, 0.3) is 5.56 Å². The van der Waals surface area contributed by atoms with Crippen molar-refractivity contribution in [3.63, 3.8) is 0 Å². The van der Waals surface area contributed by atoms with Crippen molar-refractivity contribution in [1.29, 1.82) is 0 Å². The molecule has 0 saturated carbocycles. The summed E-state index contributed by atoms with van der Waals surface area (Å²) in [5, 5.41) is 9.47. The van der Waals surface area contributed by atoms with Crippen LogP contribution in [0.4, 0.5) is 0 Å². The Morgan fingerprint density at radius 2 is 1.71 bits per heavy atom. The first kappa shape index (κ1) is 27.4. The molecule has 0 spiro atoms. The fourth-order valence-corrected chi connectivity index (χ4v) is 5.60.